The number of carbonyl (C=O) groups excluding carboxylic acids is 1. The second-order valence-corrected chi connectivity index (χ2v) is 5.38. The van der Waals surface area contributed by atoms with Gasteiger partial charge in [-0.15, -0.1) is 0 Å². The van der Waals surface area contributed by atoms with Crippen molar-refractivity contribution >= 4 is 5.91 Å². The summed E-state index contributed by atoms with van der Waals surface area (Å²) in [7, 11) is 0. The van der Waals surface area contributed by atoms with E-state index >= 15 is 0 Å². The molecule has 0 spiro atoms. The summed E-state index contributed by atoms with van der Waals surface area (Å²) in [4.78, 5) is 12.4. The highest BCUT2D eigenvalue weighted by molar-refractivity contribution is 5.95. The Hall–Kier alpha value is -2.44. The summed E-state index contributed by atoms with van der Waals surface area (Å²) in [6, 6.07) is 10.1. The quantitative estimate of drug-likeness (QED) is 0.723. The standard InChI is InChI=1S/C18H21FN2O3/c1-12-2-3-14(10-17(12)24-9-8-20)18(23)21-16(11-22)13-4-6-15(19)7-5-13/h2-7,10,16,22H,8-9,11,20H2,1H3,(H,21,23)/t16-/m1/s1. The lowest BCUT2D eigenvalue weighted by Gasteiger charge is -2.17. The molecule has 0 unspecified atom stereocenters. The van der Waals surface area contributed by atoms with Crippen molar-refractivity contribution in [3.63, 3.8) is 0 Å². The molecule has 1 amide bonds. The second kappa shape index (κ2) is 8.42. The van der Waals surface area contributed by atoms with E-state index < -0.39 is 6.04 Å². The van der Waals surface area contributed by atoms with Crippen molar-refractivity contribution in [2.45, 2.75) is 13.0 Å². The maximum absolute atomic E-state index is 13.0. The van der Waals surface area contributed by atoms with Gasteiger partial charge in [0.1, 0.15) is 18.2 Å². The Labute approximate surface area is 140 Å². The van der Waals surface area contributed by atoms with Crippen molar-refractivity contribution in [3.05, 3.63) is 65.0 Å². The van der Waals surface area contributed by atoms with Crippen molar-refractivity contribution in [1.29, 1.82) is 0 Å². The lowest BCUT2D eigenvalue weighted by atomic mass is 10.1. The number of amides is 1. The number of halogens is 1. The van der Waals surface area contributed by atoms with Crippen molar-refractivity contribution in [2.24, 2.45) is 5.73 Å². The van der Waals surface area contributed by atoms with Crippen LogP contribution >= 0.6 is 0 Å². The largest absolute Gasteiger partial charge is 0.492 e. The SMILES string of the molecule is Cc1ccc(C(=O)N[C@H](CO)c2ccc(F)cc2)cc1OCCN. The number of carbonyl (C=O) groups is 1. The Morgan fingerprint density at radius 1 is 1.29 bits per heavy atom. The maximum Gasteiger partial charge on any atom is 0.251 e. The van der Waals surface area contributed by atoms with Crippen LogP contribution in [0.4, 0.5) is 4.39 Å². The third-order valence-electron chi connectivity index (χ3n) is 3.59. The zero-order chi connectivity index (χ0) is 17.5. The average molecular weight is 332 g/mol. The number of rotatable bonds is 7. The molecule has 0 aliphatic rings. The summed E-state index contributed by atoms with van der Waals surface area (Å²) < 4.78 is 18.5. The van der Waals surface area contributed by atoms with E-state index in [-0.39, 0.29) is 18.3 Å². The minimum absolute atomic E-state index is 0.292. The van der Waals surface area contributed by atoms with Crippen LogP contribution in [0, 0.1) is 12.7 Å². The monoisotopic (exact) mass is 332 g/mol. The molecule has 0 bridgehead atoms. The number of aryl methyl sites for hydroxylation is 1. The summed E-state index contributed by atoms with van der Waals surface area (Å²) in [6.45, 7) is 2.33. The van der Waals surface area contributed by atoms with Gasteiger partial charge in [0.25, 0.3) is 5.91 Å². The zero-order valence-corrected chi connectivity index (χ0v) is 13.5. The van der Waals surface area contributed by atoms with E-state index in [2.05, 4.69) is 5.32 Å². The van der Waals surface area contributed by atoms with Gasteiger partial charge in [0.05, 0.1) is 12.6 Å². The molecule has 1 atom stereocenters. The molecule has 0 radical (unpaired) electrons. The van der Waals surface area contributed by atoms with Gasteiger partial charge in [0.2, 0.25) is 0 Å². The molecule has 6 heteroatoms. The number of ether oxygens (including phenoxy) is 1. The minimum Gasteiger partial charge on any atom is -0.492 e. The number of nitrogens with two attached hydrogens (primary N) is 1. The zero-order valence-electron chi connectivity index (χ0n) is 13.5. The van der Waals surface area contributed by atoms with E-state index in [0.717, 1.165) is 5.56 Å². The molecule has 0 fully saturated rings. The van der Waals surface area contributed by atoms with Crippen molar-refractivity contribution in [2.75, 3.05) is 19.8 Å². The van der Waals surface area contributed by atoms with Gasteiger partial charge in [-0.1, -0.05) is 18.2 Å². The summed E-state index contributed by atoms with van der Waals surface area (Å²) >= 11 is 0. The van der Waals surface area contributed by atoms with Crippen LogP contribution in [0.15, 0.2) is 42.5 Å². The van der Waals surface area contributed by atoms with E-state index in [9.17, 15) is 14.3 Å². The molecular weight excluding hydrogens is 311 g/mol. The minimum atomic E-state index is -0.618. The van der Waals surface area contributed by atoms with Crippen molar-refractivity contribution in [3.8, 4) is 5.75 Å². The van der Waals surface area contributed by atoms with Gasteiger partial charge in [-0.05, 0) is 42.3 Å². The van der Waals surface area contributed by atoms with Crippen LogP contribution in [0.25, 0.3) is 0 Å². The second-order valence-electron chi connectivity index (χ2n) is 5.38. The highest BCUT2D eigenvalue weighted by atomic mass is 19.1. The fourth-order valence-corrected chi connectivity index (χ4v) is 2.24. The Morgan fingerprint density at radius 2 is 2.00 bits per heavy atom. The van der Waals surface area contributed by atoms with Crippen molar-refractivity contribution < 1.29 is 19.0 Å². The van der Waals surface area contributed by atoms with Gasteiger partial charge in [-0.2, -0.15) is 0 Å². The average Bonchev–Trinajstić information content (AvgIpc) is 2.59. The molecule has 0 saturated heterocycles. The van der Waals surface area contributed by atoms with Gasteiger partial charge in [0, 0.05) is 12.1 Å². The summed E-state index contributed by atoms with van der Waals surface area (Å²) in [6.07, 6.45) is 0. The fraction of sp³-hybridized carbons (Fsp3) is 0.278. The first kappa shape index (κ1) is 17.9. The molecule has 0 aliphatic carbocycles. The van der Waals surface area contributed by atoms with E-state index in [1.165, 1.54) is 24.3 Å². The highest BCUT2D eigenvalue weighted by Crippen LogP contribution is 2.20. The summed E-state index contributed by atoms with van der Waals surface area (Å²) in [5, 5.41) is 12.2. The van der Waals surface area contributed by atoms with Gasteiger partial charge in [-0.25, -0.2) is 4.39 Å². The fourth-order valence-electron chi connectivity index (χ4n) is 2.24. The predicted molar refractivity (Wildman–Crippen MR) is 89.4 cm³/mol. The molecule has 24 heavy (non-hydrogen) atoms. The molecule has 0 aliphatic heterocycles. The van der Waals surface area contributed by atoms with Crippen LogP contribution in [0.2, 0.25) is 0 Å². The van der Waals surface area contributed by atoms with Crippen LogP contribution in [0.5, 0.6) is 5.75 Å². The molecule has 0 saturated carbocycles. The Balaban J connectivity index is 2.14. The van der Waals surface area contributed by atoms with Gasteiger partial charge >= 0.3 is 0 Å². The predicted octanol–water partition coefficient (Wildman–Crippen LogP) is 1.94. The van der Waals surface area contributed by atoms with Gasteiger partial charge < -0.3 is 20.9 Å². The molecule has 0 aromatic heterocycles. The van der Waals surface area contributed by atoms with Gasteiger partial charge in [-0.3, -0.25) is 4.79 Å². The van der Waals surface area contributed by atoms with Crippen LogP contribution in [0.3, 0.4) is 0 Å². The normalized spacial score (nSPS) is 11.8. The third kappa shape index (κ3) is 4.53. The first-order valence-electron chi connectivity index (χ1n) is 7.66. The topological polar surface area (TPSA) is 84.6 Å². The first-order valence-corrected chi connectivity index (χ1v) is 7.66. The van der Waals surface area contributed by atoms with Crippen LogP contribution in [0.1, 0.15) is 27.5 Å². The molecule has 2 aromatic rings. The van der Waals surface area contributed by atoms with E-state index in [4.69, 9.17) is 10.5 Å². The number of hydrogen-bond donors (Lipinski definition) is 3. The van der Waals surface area contributed by atoms with Crippen LogP contribution < -0.4 is 15.8 Å². The molecule has 2 aromatic carbocycles. The van der Waals surface area contributed by atoms with Crippen LogP contribution in [-0.4, -0.2) is 30.8 Å². The van der Waals surface area contributed by atoms with E-state index in [0.29, 0.717) is 30.0 Å². The Morgan fingerprint density at radius 3 is 2.62 bits per heavy atom. The number of aliphatic hydroxyl groups excluding tert-OH is 1. The smallest absolute Gasteiger partial charge is 0.251 e. The highest BCUT2D eigenvalue weighted by Gasteiger charge is 2.16. The lowest BCUT2D eigenvalue weighted by molar-refractivity contribution is 0.0915. The Kier molecular flexibility index (Phi) is 6.28. The first-order chi connectivity index (χ1) is 11.5. The third-order valence-corrected chi connectivity index (χ3v) is 3.59. The Bertz CT molecular complexity index is 689. The van der Waals surface area contributed by atoms with E-state index in [1.807, 2.05) is 6.92 Å². The van der Waals surface area contributed by atoms with Crippen LogP contribution in [-0.2, 0) is 0 Å². The molecule has 128 valence electrons. The number of benzene rings is 2. The van der Waals surface area contributed by atoms with E-state index in [1.54, 1.807) is 18.2 Å². The molecule has 0 heterocycles. The van der Waals surface area contributed by atoms with Gasteiger partial charge in [0.15, 0.2) is 0 Å². The summed E-state index contributed by atoms with van der Waals surface area (Å²) in [5.74, 6) is -0.131. The molecule has 2 rings (SSSR count). The maximum atomic E-state index is 13.0. The number of aliphatic hydroxyl groups is 1. The van der Waals surface area contributed by atoms with Crippen molar-refractivity contribution in [1.82, 2.24) is 5.32 Å². The number of hydrogen-bond acceptors (Lipinski definition) is 4. The molecular formula is C18H21FN2O3. The molecule has 5 nitrogen and oxygen atoms in total. The molecule has 4 N–H and O–H groups in total. The number of nitrogens with one attached hydrogen (secondary N) is 1. The summed E-state index contributed by atoms with van der Waals surface area (Å²) in [5.41, 5.74) is 7.36. The lowest BCUT2D eigenvalue weighted by Crippen LogP contribution is -2.30.